The number of rotatable bonds is 6. The average molecular weight is 241 g/mol. The first-order valence-electron chi connectivity index (χ1n) is 5.23. The lowest BCUT2D eigenvalue weighted by Crippen LogP contribution is -2.16. The predicted molar refractivity (Wildman–Crippen MR) is 61.5 cm³/mol. The lowest BCUT2D eigenvalue weighted by Gasteiger charge is -2.12. The van der Waals surface area contributed by atoms with Gasteiger partial charge in [-0.05, 0) is 13.3 Å². The first-order chi connectivity index (χ1) is 8.08. The molecule has 0 saturated carbocycles. The molecule has 0 bridgehead atoms. The molecule has 1 unspecified atom stereocenters. The van der Waals surface area contributed by atoms with E-state index in [0.717, 1.165) is 19.0 Å². The Balaban J connectivity index is 2.96. The van der Waals surface area contributed by atoms with Gasteiger partial charge in [-0.1, -0.05) is 13.3 Å². The van der Waals surface area contributed by atoms with Crippen molar-refractivity contribution in [2.24, 2.45) is 5.84 Å². The minimum atomic E-state index is -0.589. The van der Waals surface area contributed by atoms with E-state index in [1.54, 1.807) is 0 Å². The van der Waals surface area contributed by atoms with Crippen LogP contribution in [0, 0.1) is 10.1 Å². The van der Waals surface area contributed by atoms with E-state index in [1.807, 2.05) is 13.8 Å². The summed E-state index contributed by atoms with van der Waals surface area (Å²) in [5, 5.41) is 10.8. The molecule has 1 aromatic heterocycles. The Morgan fingerprint density at radius 1 is 1.71 bits per heavy atom. The van der Waals surface area contributed by atoms with Gasteiger partial charge < -0.3 is 4.74 Å². The Labute approximate surface area is 98.3 Å². The third-order valence-electron chi connectivity index (χ3n) is 2.07. The van der Waals surface area contributed by atoms with Gasteiger partial charge in [-0.2, -0.15) is 4.98 Å². The summed E-state index contributed by atoms with van der Waals surface area (Å²) in [6, 6.07) is 0. The van der Waals surface area contributed by atoms with Crippen molar-refractivity contribution < 1.29 is 9.66 Å². The highest BCUT2D eigenvalue weighted by Crippen LogP contribution is 2.25. The van der Waals surface area contributed by atoms with Crippen LogP contribution in [0.15, 0.2) is 6.20 Å². The van der Waals surface area contributed by atoms with Crippen LogP contribution in [0.2, 0.25) is 0 Å². The fraction of sp³-hybridized carbons (Fsp3) is 0.556. The molecule has 0 aliphatic heterocycles. The van der Waals surface area contributed by atoms with E-state index in [2.05, 4.69) is 15.4 Å². The Morgan fingerprint density at radius 2 is 2.41 bits per heavy atom. The van der Waals surface area contributed by atoms with Crippen molar-refractivity contribution in [3.63, 3.8) is 0 Å². The lowest BCUT2D eigenvalue weighted by atomic mass is 10.2. The molecule has 8 heteroatoms. The summed E-state index contributed by atoms with van der Waals surface area (Å²) in [6.07, 6.45) is 2.62. The molecule has 0 radical (unpaired) electrons. The zero-order chi connectivity index (χ0) is 12.8. The van der Waals surface area contributed by atoms with Crippen molar-refractivity contribution in [1.82, 2.24) is 9.97 Å². The van der Waals surface area contributed by atoms with Crippen molar-refractivity contribution in [1.29, 1.82) is 0 Å². The molecule has 0 spiro atoms. The van der Waals surface area contributed by atoms with Crippen LogP contribution in [0.3, 0.4) is 0 Å². The maximum absolute atomic E-state index is 10.8. The number of ether oxygens (including phenoxy) is 1. The summed E-state index contributed by atoms with van der Waals surface area (Å²) in [7, 11) is 0. The summed E-state index contributed by atoms with van der Waals surface area (Å²) in [6.45, 7) is 3.83. The summed E-state index contributed by atoms with van der Waals surface area (Å²) in [5.41, 5.74) is 1.94. The first-order valence-corrected chi connectivity index (χ1v) is 5.23. The van der Waals surface area contributed by atoms with Gasteiger partial charge in [0.1, 0.15) is 6.20 Å². The van der Waals surface area contributed by atoms with Gasteiger partial charge in [0, 0.05) is 0 Å². The van der Waals surface area contributed by atoms with Crippen molar-refractivity contribution in [2.45, 2.75) is 32.8 Å². The number of nitrogens with one attached hydrogen (secondary N) is 1. The van der Waals surface area contributed by atoms with Gasteiger partial charge in [0.15, 0.2) is 0 Å². The number of hydrogen-bond acceptors (Lipinski definition) is 7. The predicted octanol–water partition coefficient (Wildman–Crippen LogP) is 1.24. The first kappa shape index (κ1) is 13.1. The number of hydrazine groups is 1. The van der Waals surface area contributed by atoms with Crippen molar-refractivity contribution >= 4 is 11.6 Å². The Morgan fingerprint density at radius 3 is 2.94 bits per heavy atom. The fourth-order valence-electron chi connectivity index (χ4n) is 1.30. The topological polar surface area (TPSA) is 116 Å². The summed E-state index contributed by atoms with van der Waals surface area (Å²) in [5.74, 6) is 5.14. The number of anilines is 1. The summed E-state index contributed by atoms with van der Waals surface area (Å²) < 4.78 is 5.40. The van der Waals surface area contributed by atoms with Crippen LogP contribution in [0.4, 0.5) is 11.6 Å². The number of nitrogen functional groups attached to an aromatic ring is 1. The number of aromatic nitrogens is 2. The van der Waals surface area contributed by atoms with E-state index < -0.39 is 4.92 Å². The van der Waals surface area contributed by atoms with Gasteiger partial charge in [0.2, 0.25) is 5.95 Å². The zero-order valence-corrected chi connectivity index (χ0v) is 9.71. The summed E-state index contributed by atoms with van der Waals surface area (Å²) >= 11 is 0. The molecule has 17 heavy (non-hydrogen) atoms. The van der Waals surface area contributed by atoms with Crippen LogP contribution in [-0.2, 0) is 0 Å². The van der Waals surface area contributed by atoms with Crippen LogP contribution in [-0.4, -0.2) is 21.0 Å². The molecular weight excluding hydrogens is 226 g/mol. The van der Waals surface area contributed by atoms with Gasteiger partial charge in [0.25, 0.3) is 5.88 Å². The van der Waals surface area contributed by atoms with E-state index in [0.29, 0.717) is 0 Å². The van der Waals surface area contributed by atoms with Gasteiger partial charge in [-0.3, -0.25) is 15.5 Å². The monoisotopic (exact) mass is 241 g/mol. The van der Waals surface area contributed by atoms with Crippen molar-refractivity contribution in [3.05, 3.63) is 16.3 Å². The minimum Gasteiger partial charge on any atom is -0.470 e. The molecular formula is C9H15N5O3. The Kier molecular flexibility index (Phi) is 4.58. The SMILES string of the molecule is CCCC(C)Oc1nc(NN)ncc1[N+](=O)[O-]. The molecule has 0 aliphatic carbocycles. The number of hydrogen-bond donors (Lipinski definition) is 2. The van der Waals surface area contributed by atoms with E-state index in [-0.39, 0.29) is 23.6 Å². The largest absolute Gasteiger partial charge is 0.470 e. The molecule has 1 heterocycles. The number of nitro groups is 1. The lowest BCUT2D eigenvalue weighted by molar-refractivity contribution is -0.386. The zero-order valence-electron chi connectivity index (χ0n) is 9.71. The molecule has 1 aromatic rings. The molecule has 0 fully saturated rings. The second kappa shape index (κ2) is 5.94. The second-order valence-electron chi connectivity index (χ2n) is 3.50. The van der Waals surface area contributed by atoms with Gasteiger partial charge in [0.05, 0.1) is 11.0 Å². The fourth-order valence-corrected chi connectivity index (χ4v) is 1.30. The van der Waals surface area contributed by atoms with E-state index in [1.165, 1.54) is 0 Å². The van der Waals surface area contributed by atoms with Crippen LogP contribution < -0.4 is 16.0 Å². The molecule has 8 nitrogen and oxygen atoms in total. The number of nitrogens with two attached hydrogens (primary N) is 1. The minimum absolute atomic E-state index is 0.0705. The molecule has 0 saturated heterocycles. The molecule has 0 aromatic carbocycles. The van der Waals surface area contributed by atoms with Crippen LogP contribution in [0.25, 0.3) is 0 Å². The van der Waals surface area contributed by atoms with E-state index in [4.69, 9.17) is 10.6 Å². The maximum atomic E-state index is 10.8. The van der Waals surface area contributed by atoms with E-state index >= 15 is 0 Å². The quantitative estimate of drug-likeness (QED) is 0.437. The Hall–Kier alpha value is -1.96. The highest BCUT2D eigenvalue weighted by molar-refractivity contribution is 5.42. The molecule has 0 aliphatic rings. The van der Waals surface area contributed by atoms with Crippen LogP contribution in [0.5, 0.6) is 5.88 Å². The third-order valence-corrected chi connectivity index (χ3v) is 2.07. The normalized spacial score (nSPS) is 11.9. The summed E-state index contributed by atoms with van der Waals surface area (Å²) in [4.78, 5) is 17.7. The third kappa shape index (κ3) is 3.52. The molecule has 94 valence electrons. The smallest absolute Gasteiger partial charge is 0.349 e. The van der Waals surface area contributed by atoms with Gasteiger partial charge in [-0.15, -0.1) is 0 Å². The molecule has 1 rings (SSSR count). The Bertz CT molecular complexity index is 398. The van der Waals surface area contributed by atoms with Gasteiger partial charge in [-0.25, -0.2) is 10.8 Å². The maximum Gasteiger partial charge on any atom is 0.349 e. The van der Waals surface area contributed by atoms with Crippen molar-refractivity contribution in [2.75, 3.05) is 5.43 Å². The molecule has 3 N–H and O–H groups in total. The highest BCUT2D eigenvalue weighted by atomic mass is 16.6. The van der Waals surface area contributed by atoms with Crippen LogP contribution >= 0.6 is 0 Å². The molecule has 0 amide bonds. The van der Waals surface area contributed by atoms with Crippen molar-refractivity contribution in [3.8, 4) is 5.88 Å². The molecule has 1 atom stereocenters. The van der Waals surface area contributed by atoms with Gasteiger partial charge >= 0.3 is 5.69 Å². The average Bonchev–Trinajstić information content (AvgIpc) is 2.28. The van der Waals surface area contributed by atoms with Crippen LogP contribution in [0.1, 0.15) is 26.7 Å². The highest BCUT2D eigenvalue weighted by Gasteiger charge is 2.20. The van der Waals surface area contributed by atoms with E-state index in [9.17, 15) is 10.1 Å². The second-order valence-corrected chi connectivity index (χ2v) is 3.50. The number of nitrogens with zero attached hydrogens (tertiary/aromatic N) is 3. The standard InChI is InChI=1S/C9H15N5O3/c1-3-4-6(2)17-8-7(14(15)16)5-11-9(12-8)13-10/h5-6H,3-4,10H2,1-2H3,(H,11,12,13).